The van der Waals surface area contributed by atoms with Gasteiger partial charge >= 0.3 is 5.97 Å². The maximum absolute atomic E-state index is 12.8. The number of carbonyl (C=O) groups excluding carboxylic acids is 2. The van der Waals surface area contributed by atoms with Crippen LogP contribution in [0, 0.1) is 18.3 Å². The number of nitrogens with zero attached hydrogens (tertiary/aromatic N) is 2. The number of carbonyl (C=O) groups is 2. The average Bonchev–Trinajstić information content (AvgIpc) is 3.20. The topological polar surface area (TPSA) is 84.1 Å². The van der Waals surface area contributed by atoms with Crippen molar-refractivity contribution in [1.29, 1.82) is 5.26 Å². The van der Waals surface area contributed by atoms with Crippen molar-refractivity contribution in [1.82, 2.24) is 4.57 Å². The molecule has 1 amide bonds. The number of fused-ring (bicyclic) bond motifs is 1. The number of anilines is 1. The molecule has 0 spiro atoms. The third-order valence-electron chi connectivity index (χ3n) is 5.58. The Bertz CT molecular complexity index is 1460. The van der Waals surface area contributed by atoms with E-state index in [2.05, 4.69) is 5.32 Å². The molecule has 1 N–H and O–H groups in total. The molecule has 4 rings (SSSR count). The van der Waals surface area contributed by atoms with Crippen LogP contribution in [-0.4, -0.2) is 23.6 Å². The number of nitriles is 1. The molecule has 0 unspecified atom stereocenters. The van der Waals surface area contributed by atoms with Crippen LogP contribution in [0.5, 0.6) is 0 Å². The largest absolute Gasteiger partial charge is 0.465 e. The van der Waals surface area contributed by atoms with Crippen molar-refractivity contribution in [3.63, 3.8) is 0 Å². The first kappa shape index (κ1) is 22.6. The van der Waals surface area contributed by atoms with Gasteiger partial charge in [0.2, 0.25) is 0 Å². The van der Waals surface area contributed by atoms with Crippen molar-refractivity contribution >= 4 is 34.5 Å². The molecule has 0 saturated heterocycles. The fourth-order valence-corrected chi connectivity index (χ4v) is 3.84. The number of para-hydroxylation sites is 2. The molecule has 168 valence electrons. The van der Waals surface area contributed by atoms with Crippen molar-refractivity contribution in [2.75, 3.05) is 12.4 Å². The van der Waals surface area contributed by atoms with Gasteiger partial charge in [0.1, 0.15) is 11.6 Å². The van der Waals surface area contributed by atoms with E-state index in [0.717, 1.165) is 27.6 Å². The van der Waals surface area contributed by atoms with Crippen molar-refractivity contribution in [2.45, 2.75) is 13.5 Å². The van der Waals surface area contributed by atoms with Gasteiger partial charge in [0.15, 0.2) is 0 Å². The highest BCUT2D eigenvalue weighted by Crippen LogP contribution is 2.25. The standard InChI is InChI=1S/C28H23N3O3/c1-19-8-3-5-12-25(19)30-27(32)22(16-29)15-23-18-31(26-13-6-4-11-24(23)26)17-20-9-7-10-21(14-20)28(33)34-2/h3-15,18H,17H2,1-2H3,(H,30,32)/b22-15+. The molecular weight excluding hydrogens is 426 g/mol. The Labute approximate surface area is 197 Å². The van der Waals surface area contributed by atoms with Gasteiger partial charge in [0.25, 0.3) is 5.91 Å². The number of aromatic nitrogens is 1. The molecule has 0 aliphatic carbocycles. The summed E-state index contributed by atoms with van der Waals surface area (Å²) in [5.74, 6) is -0.847. The van der Waals surface area contributed by atoms with E-state index in [0.29, 0.717) is 17.8 Å². The molecule has 34 heavy (non-hydrogen) atoms. The molecular formula is C28H23N3O3. The van der Waals surface area contributed by atoms with Crippen LogP contribution in [0.15, 0.2) is 84.6 Å². The number of nitrogens with one attached hydrogen (secondary N) is 1. The van der Waals surface area contributed by atoms with Gasteiger partial charge in [-0.3, -0.25) is 4.79 Å². The quantitative estimate of drug-likeness (QED) is 0.245. The molecule has 0 aliphatic heterocycles. The SMILES string of the molecule is COC(=O)c1cccc(Cn2cc(/C=C(\C#N)C(=O)Nc3ccccc3C)c3ccccc32)c1. The number of ether oxygens (including phenoxy) is 1. The van der Waals surface area contributed by atoms with Gasteiger partial charge in [-0.05, 0) is 48.4 Å². The summed E-state index contributed by atoms with van der Waals surface area (Å²) in [7, 11) is 1.36. The minimum absolute atomic E-state index is 0.0128. The molecule has 0 saturated carbocycles. The summed E-state index contributed by atoms with van der Waals surface area (Å²) in [6.07, 6.45) is 3.52. The maximum atomic E-state index is 12.8. The summed E-state index contributed by atoms with van der Waals surface area (Å²) in [5.41, 5.74) is 4.72. The van der Waals surface area contributed by atoms with E-state index < -0.39 is 5.91 Å². The maximum Gasteiger partial charge on any atom is 0.337 e. The summed E-state index contributed by atoms with van der Waals surface area (Å²) < 4.78 is 6.86. The molecule has 3 aromatic carbocycles. The Morgan fingerprint density at radius 1 is 1.06 bits per heavy atom. The van der Waals surface area contributed by atoms with E-state index in [1.807, 2.05) is 78.4 Å². The van der Waals surface area contributed by atoms with Crippen LogP contribution in [0.1, 0.15) is 27.0 Å². The van der Waals surface area contributed by atoms with Gasteiger partial charge in [-0.15, -0.1) is 0 Å². The highest BCUT2D eigenvalue weighted by Gasteiger charge is 2.14. The monoisotopic (exact) mass is 449 g/mol. The van der Waals surface area contributed by atoms with Gasteiger partial charge in [0, 0.05) is 34.9 Å². The van der Waals surface area contributed by atoms with Crippen LogP contribution >= 0.6 is 0 Å². The zero-order chi connectivity index (χ0) is 24.1. The molecule has 6 heteroatoms. The van der Waals surface area contributed by atoms with E-state index in [9.17, 15) is 14.9 Å². The van der Waals surface area contributed by atoms with Gasteiger partial charge < -0.3 is 14.6 Å². The van der Waals surface area contributed by atoms with Crippen LogP contribution in [0.3, 0.4) is 0 Å². The Balaban J connectivity index is 1.68. The fraction of sp³-hybridized carbons (Fsp3) is 0.107. The minimum Gasteiger partial charge on any atom is -0.465 e. The lowest BCUT2D eigenvalue weighted by Crippen LogP contribution is -2.14. The smallest absolute Gasteiger partial charge is 0.337 e. The van der Waals surface area contributed by atoms with Crippen molar-refractivity contribution in [3.05, 3.63) is 107 Å². The Hall–Kier alpha value is -4.63. The molecule has 6 nitrogen and oxygen atoms in total. The number of hydrogen-bond acceptors (Lipinski definition) is 4. The van der Waals surface area contributed by atoms with Crippen molar-refractivity contribution in [2.24, 2.45) is 0 Å². The Morgan fingerprint density at radius 2 is 1.82 bits per heavy atom. The third kappa shape index (κ3) is 4.74. The normalized spacial score (nSPS) is 11.1. The predicted octanol–water partition coefficient (Wildman–Crippen LogP) is 5.33. The minimum atomic E-state index is -0.459. The Morgan fingerprint density at radius 3 is 2.59 bits per heavy atom. The first-order chi connectivity index (χ1) is 16.5. The lowest BCUT2D eigenvalue weighted by Gasteiger charge is -2.07. The lowest BCUT2D eigenvalue weighted by atomic mass is 10.1. The third-order valence-corrected chi connectivity index (χ3v) is 5.58. The van der Waals surface area contributed by atoms with Crippen LogP contribution in [0.25, 0.3) is 17.0 Å². The van der Waals surface area contributed by atoms with Gasteiger partial charge in [-0.2, -0.15) is 5.26 Å². The van der Waals surface area contributed by atoms with Crippen LogP contribution < -0.4 is 5.32 Å². The first-order valence-corrected chi connectivity index (χ1v) is 10.7. The molecule has 0 aliphatic rings. The molecule has 4 aromatic rings. The van der Waals surface area contributed by atoms with Gasteiger partial charge in [-0.25, -0.2) is 4.79 Å². The summed E-state index contributed by atoms with van der Waals surface area (Å²) >= 11 is 0. The molecule has 0 fully saturated rings. The first-order valence-electron chi connectivity index (χ1n) is 10.7. The summed E-state index contributed by atoms with van der Waals surface area (Å²) in [6, 6.07) is 24.5. The van der Waals surface area contributed by atoms with E-state index >= 15 is 0 Å². The van der Waals surface area contributed by atoms with Crippen LogP contribution in [0.4, 0.5) is 5.69 Å². The fourth-order valence-electron chi connectivity index (χ4n) is 3.84. The van der Waals surface area contributed by atoms with Crippen LogP contribution in [0.2, 0.25) is 0 Å². The summed E-state index contributed by atoms with van der Waals surface area (Å²) in [6.45, 7) is 2.41. The van der Waals surface area contributed by atoms with Crippen molar-refractivity contribution < 1.29 is 14.3 Å². The van der Waals surface area contributed by atoms with Crippen LogP contribution in [-0.2, 0) is 16.1 Å². The number of aryl methyl sites for hydroxylation is 1. The molecule has 1 heterocycles. The van der Waals surface area contributed by atoms with Gasteiger partial charge in [-0.1, -0.05) is 48.5 Å². The second kappa shape index (κ2) is 9.88. The number of hydrogen-bond donors (Lipinski definition) is 1. The van der Waals surface area contributed by atoms with E-state index in [1.54, 1.807) is 24.3 Å². The average molecular weight is 450 g/mol. The number of amides is 1. The predicted molar refractivity (Wildman–Crippen MR) is 132 cm³/mol. The van der Waals surface area contributed by atoms with E-state index in [1.165, 1.54) is 7.11 Å². The molecule has 1 aromatic heterocycles. The van der Waals surface area contributed by atoms with Gasteiger partial charge in [0.05, 0.1) is 12.7 Å². The van der Waals surface area contributed by atoms with E-state index in [-0.39, 0.29) is 11.5 Å². The summed E-state index contributed by atoms with van der Waals surface area (Å²) in [5, 5.41) is 13.4. The number of esters is 1. The number of rotatable bonds is 6. The number of methoxy groups -OCH3 is 1. The summed E-state index contributed by atoms with van der Waals surface area (Å²) in [4.78, 5) is 24.7. The zero-order valence-corrected chi connectivity index (χ0v) is 18.9. The highest BCUT2D eigenvalue weighted by atomic mass is 16.5. The molecule has 0 radical (unpaired) electrons. The Kier molecular flexibility index (Phi) is 6.56. The lowest BCUT2D eigenvalue weighted by molar-refractivity contribution is -0.112. The zero-order valence-electron chi connectivity index (χ0n) is 18.9. The van der Waals surface area contributed by atoms with E-state index in [4.69, 9.17) is 4.74 Å². The molecule has 0 atom stereocenters. The second-order valence-corrected chi connectivity index (χ2v) is 7.86. The highest BCUT2D eigenvalue weighted by molar-refractivity contribution is 6.11. The second-order valence-electron chi connectivity index (χ2n) is 7.86. The number of benzene rings is 3. The van der Waals surface area contributed by atoms with Crippen molar-refractivity contribution in [3.8, 4) is 6.07 Å². The molecule has 0 bridgehead atoms.